The Morgan fingerprint density at radius 3 is 1.29 bits per heavy atom. The monoisotopic (exact) mass is 953 g/mol. The quantitative estimate of drug-likeness (QED) is 0.0394. The van der Waals surface area contributed by atoms with Crippen molar-refractivity contribution in [1.29, 1.82) is 0 Å². The van der Waals surface area contributed by atoms with Gasteiger partial charge in [0.1, 0.15) is 16.7 Å². The highest BCUT2D eigenvalue weighted by Gasteiger charge is 2.28. The van der Waals surface area contributed by atoms with E-state index in [4.69, 9.17) is 4.74 Å². The number of unbranched alkanes of at least 4 members (excludes halogenated alkanes) is 24. The van der Waals surface area contributed by atoms with Crippen LogP contribution >= 0.6 is 23.5 Å². The summed E-state index contributed by atoms with van der Waals surface area (Å²) < 4.78 is 6.30. The number of hydrogen-bond acceptors (Lipinski definition) is 6. The lowest BCUT2D eigenvalue weighted by atomic mass is 9.78. The Bertz CT molecular complexity index is 1560. The third-order valence-corrected chi connectivity index (χ3v) is 15.9. The fourth-order valence-electron chi connectivity index (χ4n) is 9.21. The number of hydrogen-bond donors (Lipinski definition) is 2. The minimum atomic E-state index is -0.721. The highest BCUT2D eigenvalue weighted by atomic mass is 32.2. The normalized spacial score (nSPS) is 13.0. The zero-order valence-corrected chi connectivity index (χ0v) is 46.0. The minimum absolute atomic E-state index is 0.159. The molecule has 0 fully saturated rings. The summed E-state index contributed by atoms with van der Waals surface area (Å²) >= 11 is 3.31. The Labute approximate surface area is 415 Å². The number of phenols is 1. The van der Waals surface area contributed by atoms with Gasteiger partial charge in [-0.05, 0) is 70.9 Å². The van der Waals surface area contributed by atoms with E-state index in [0.717, 1.165) is 65.7 Å². The molecule has 0 aliphatic rings. The molecule has 2 N–H and O–H groups in total. The molecule has 66 heavy (non-hydrogen) atoms. The number of carbonyl (C=O) groups is 2. The van der Waals surface area contributed by atoms with Gasteiger partial charge in [0.05, 0.1) is 5.92 Å². The van der Waals surface area contributed by atoms with Crippen molar-refractivity contribution in [3.8, 4) is 11.5 Å². The fourth-order valence-corrected chi connectivity index (χ4v) is 11.4. The number of carboxylic acid groups (broad SMARTS) is 1. The first kappa shape index (κ1) is 60.0. The number of aromatic hydroxyl groups is 1. The van der Waals surface area contributed by atoms with E-state index in [1.165, 1.54) is 159 Å². The predicted molar refractivity (Wildman–Crippen MR) is 290 cm³/mol. The molecule has 2 rings (SSSR count). The van der Waals surface area contributed by atoms with Gasteiger partial charge in [-0.3, -0.25) is 9.59 Å². The molecule has 378 valence electrons. The lowest BCUT2D eigenvalue weighted by Crippen LogP contribution is -2.24. The lowest BCUT2D eigenvalue weighted by Gasteiger charge is -2.28. The van der Waals surface area contributed by atoms with E-state index in [2.05, 4.69) is 79.7 Å². The molecule has 0 amide bonds. The van der Waals surface area contributed by atoms with Gasteiger partial charge in [0.15, 0.2) is 0 Å². The van der Waals surface area contributed by atoms with Crippen molar-refractivity contribution in [2.45, 2.75) is 277 Å². The van der Waals surface area contributed by atoms with Crippen molar-refractivity contribution in [1.82, 2.24) is 0 Å². The highest BCUT2D eigenvalue weighted by Crippen LogP contribution is 2.41. The van der Waals surface area contributed by atoms with E-state index in [0.29, 0.717) is 29.4 Å². The number of carboxylic acids is 1. The van der Waals surface area contributed by atoms with Gasteiger partial charge >= 0.3 is 11.9 Å². The minimum Gasteiger partial charge on any atom is -0.507 e. The van der Waals surface area contributed by atoms with E-state index >= 15 is 0 Å². The maximum absolute atomic E-state index is 14.1. The summed E-state index contributed by atoms with van der Waals surface area (Å²) in [4.78, 5) is 26.4. The van der Waals surface area contributed by atoms with Crippen molar-refractivity contribution < 1.29 is 24.5 Å². The van der Waals surface area contributed by atoms with Crippen molar-refractivity contribution in [3.63, 3.8) is 0 Å². The van der Waals surface area contributed by atoms with Crippen LogP contribution in [0.4, 0.5) is 0 Å². The molecule has 0 bridgehead atoms. The molecule has 0 aliphatic heterocycles. The molecule has 2 aromatic carbocycles. The summed E-state index contributed by atoms with van der Waals surface area (Å²) in [5.41, 5.74) is 5.63. The summed E-state index contributed by atoms with van der Waals surface area (Å²) in [7, 11) is 0. The maximum Gasteiger partial charge on any atom is 0.316 e. The van der Waals surface area contributed by atoms with Crippen molar-refractivity contribution in [3.05, 3.63) is 57.6 Å². The first-order valence-electron chi connectivity index (χ1n) is 27.1. The average molecular weight is 954 g/mol. The lowest BCUT2D eigenvalue weighted by molar-refractivity contribution is -0.138. The first-order chi connectivity index (χ1) is 31.5. The van der Waals surface area contributed by atoms with Crippen LogP contribution in [0.3, 0.4) is 0 Å². The molecule has 0 aliphatic carbocycles. The smallest absolute Gasteiger partial charge is 0.316 e. The van der Waals surface area contributed by atoms with Gasteiger partial charge in [-0.15, -0.1) is 11.8 Å². The molecule has 0 aromatic heterocycles. The molecular weight excluding hydrogens is 853 g/mol. The second-order valence-corrected chi connectivity index (χ2v) is 24.2. The molecule has 2 atom stereocenters. The molecule has 2 unspecified atom stereocenters. The number of carbonyl (C=O) groups excluding carboxylic acids is 1. The Morgan fingerprint density at radius 1 is 0.545 bits per heavy atom. The Hall–Kier alpha value is -2.12. The molecule has 0 spiro atoms. The molecular formula is C59H100O5S2. The van der Waals surface area contributed by atoms with Gasteiger partial charge in [-0.25, -0.2) is 0 Å². The van der Waals surface area contributed by atoms with Crippen molar-refractivity contribution in [2.75, 3.05) is 5.75 Å². The molecule has 7 heteroatoms. The van der Waals surface area contributed by atoms with Crippen LogP contribution in [0.5, 0.6) is 11.5 Å². The molecule has 0 saturated heterocycles. The summed E-state index contributed by atoms with van der Waals surface area (Å²) in [5.74, 6) is 1.99. The second kappa shape index (κ2) is 34.2. The number of rotatable bonds is 38. The van der Waals surface area contributed by atoms with E-state index in [-0.39, 0.29) is 22.7 Å². The topological polar surface area (TPSA) is 83.8 Å². The largest absolute Gasteiger partial charge is 0.507 e. The van der Waals surface area contributed by atoms with E-state index in [1.54, 1.807) is 11.8 Å². The highest BCUT2D eigenvalue weighted by molar-refractivity contribution is 7.99. The van der Waals surface area contributed by atoms with E-state index in [1.807, 2.05) is 13.8 Å². The molecule has 5 nitrogen and oxygen atoms in total. The molecule has 0 radical (unpaired) electrons. The number of thioether (sulfide) groups is 2. The van der Waals surface area contributed by atoms with Crippen LogP contribution in [0.2, 0.25) is 0 Å². The van der Waals surface area contributed by atoms with Gasteiger partial charge in [0.2, 0.25) is 0 Å². The summed E-state index contributed by atoms with van der Waals surface area (Å²) in [6.07, 6.45) is 35.1. The third-order valence-electron chi connectivity index (χ3n) is 13.4. The summed E-state index contributed by atoms with van der Waals surface area (Å²) in [5, 5.41) is 20.9. The number of benzene rings is 2. The number of phenolic OH excluding ortho intramolecular Hbond substituents is 1. The zero-order valence-electron chi connectivity index (χ0n) is 44.3. The molecule has 0 heterocycles. The Kier molecular flexibility index (Phi) is 31.1. The third kappa shape index (κ3) is 25.5. The summed E-state index contributed by atoms with van der Waals surface area (Å²) in [6.45, 7) is 21.4. The van der Waals surface area contributed by atoms with E-state index < -0.39 is 11.2 Å². The van der Waals surface area contributed by atoms with Crippen LogP contribution in [-0.4, -0.2) is 33.2 Å². The van der Waals surface area contributed by atoms with Gasteiger partial charge < -0.3 is 14.9 Å². The van der Waals surface area contributed by atoms with Gasteiger partial charge in [-0.2, -0.15) is 11.8 Å². The van der Waals surface area contributed by atoms with Gasteiger partial charge in [0, 0.05) is 17.3 Å². The Balaban J connectivity index is 1.94. The fraction of sp³-hybridized carbons (Fsp3) is 0.763. The number of aryl methyl sites for hydroxylation is 2. The maximum atomic E-state index is 14.1. The van der Waals surface area contributed by atoms with Crippen LogP contribution in [-0.2, 0) is 31.9 Å². The van der Waals surface area contributed by atoms with Crippen LogP contribution in [0.25, 0.3) is 0 Å². The van der Waals surface area contributed by atoms with Gasteiger partial charge in [0.25, 0.3) is 0 Å². The van der Waals surface area contributed by atoms with Crippen LogP contribution in [0.1, 0.15) is 269 Å². The van der Waals surface area contributed by atoms with Crippen LogP contribution < -0.4 is 4.74 Å². The molecule has 2 aromatic rings. The van der Waals surface area contributed by atoms with Crippen molar-refractivity contribution >= 4 is 35.5 Å². The van der Waals surface area contributed by atoms with Crippen LogP contribution in [0, 0.1) is 19.8 Å². The Morgan fingerprint density at radius 2 is 0.909 bits per heavy atom. The number of ether oxygens (including phenoxy) is 1. The molecule has 0 saturated carbocycles. The zero-order chi connectivity index (χ0) is 48.8. The average Bonchev–Trinajstić information content (AvgIpc) is 3.25. The van der Waals surface area contributed by atoms with Crippen LogP contribution in [0.15, 0.2) is 24.3 Å². The first-order valence-corrected chi connectivity index (χ1v) is 29.3. The predicted octanol–water partition coefficient (Wildman–Crippen LogP) is 18.7. The summed E-state index contributed by atoms with van der Waals surface area (Å²) in [6, 6.07) is 8.46. The number of esters is 1. The second-order valence-electron chi connectivity index (χ2n) is 21.9. The standard InChI is InChI=1S/C59H100O5S2/c1-11-13-15-17-19-21-23-24-25-26-27-28-30-32-34-36-38-53(56(61)62)66-44-48-39-46(3)55(47(4)40-48)64-57(63)50(37-35-33-31-29-22-20-18-16-14-12-2)45-65-43-49-41-51(58(5,6)7)54(60)52(42-49)59(8,9)10/h39-42,50,53,60H,11-38,43-45H2,1-10H3,(H,61,62). The number of aliphatic carboxylic acids is 1. The van der Waals surface area contributed by atoms with Crippen molar-refractivity contribution in [2.24, 2.45) is 5.92 Å². The van der Waals surface area contributed by atoms with E-state index in [9.17, 15) is 19.8 Å². The van der Waals surface area contributed by atoms with Gasteiger partial charge in [-0.1, -0.05) is 247 Å². The SMILES string of the molecule is CCCCCCCCCCCCCCCCCCC(SCc1cc(C)c(OC(=O)C(CCCCCCCCCCCC)CSCc2cc(C(C)(C)C)c(O)c(C(C)(C)C)c2)c(C)c1)C(=O)O.